The van der Waals surface area contributed by atoms with Gasteiger partial charge in [0.25, 0.3) is 0 Å². The maximum Gasteiger partial charge on any atom is 0.217 e. The number of nitrogens with two attached hydrogens (primary N) is 1. The van der Waals surface area contributed by atoms with Crippen molar-refractivity contribution in [3.05, 3.63) is 24.3 Å². The van der Waals surface area contributed by atoms with Crippen molar-refractivity contribution in [2.45, 2.75) is 26.0 Å². The van der Waals surface area contributed by atoms with E-state index in [1.54, 1.807) is 24.3 Å². The molecule has 0 spiro atoms. The molecule has 21 heavy (non-hydrogen) atoms. The van der Waals surface area contributed by atoms with E-state index in [2.05, 4.69) is 0 Å². The van der Waals surface area contributed by atoms with Gasteiger partial charge in [0.1, 0.15) is 12.4 Å². The second-order valence-corrected chi connectivity index (χ2v) is 7.34. The average Bonchev–Trinajstić information content (AvgIpc) is 2.41. The van der Waals surface area contributed by atoms with E-state index in [-0.39, 0.29) is 24.5 Å². The minimum atomic E-state index is -3.35. The number of hydrogen-bond donors (Lipinski definition) is 1. The molecule has 1 aromatic rings. The van der Waals surface area contributed by atoms with E-state index < -0.39 is 10.0 Å². The number of sulfonamides is 1. The van der Waals surface area contributed by atoms with Gasteiger partial charge in [-0.05, 0) is 26.0 Å². The first kappa shape index (κ1) is 16.1. The normalized spacial score (nSPS) is 23.9. The second-order valence-electron chi connectivity index (χ2n) is 5.30. The summed E-state index contributed by atoms with van der Waals surface area (Å²) in [5.41, 5.74) is 6.24. The molecule has 1 aliphatic rings. The SMILES string of the molecule is CC1CN(S(=O)(=O)CCOc2cccc(N)c2)C(C)CO1. The smallest absolute Gasteiger partial charge is 0.217 e. The average molecular weight is 314 g/mol. The van der Waals surface area contributed by atoms with Gasteiger partial charge in [0.2, 0.25) is 10.0 Å². The third-order valence-corrected chi connectivity index (χ3v) is 5.28. The van der Waals surface area contributed by atoms with E-state index in [4.69, 9.17) is 15.2 Å². The number of nitrogen functional groups attached to an aromatic ring is 1. The van der Waals surface area contributed by atoms with Crippen LogP contribution in [0.25, 0.3) is 0 Å². The molecule has 1 aromatic carbocycles. The van der Waals surface area contributed by atoms with Crippen LogP contribution in [0.15, 0.2) is 24.3 Å². The summed E-state index contributed by atoms with van der Waals surface area (Å²) in [5, 5.41) is 0. The van der Waals surface area contributed by atoms with Crippen LogP contribution in [0.1, 0.15) is 13.8 Å². The first-order chi connectivity index (χ1) is 9.88. The molecule has 1 aliphatic heterocycles. The van der Waals surface area contributed by atoms with Crippen molar-refractivity contribution in [3.8, 4) is 5.75 Å². The molecule has 0 saturated carbocycles. The minimum absolute atomic E-state index is 0.0567. The van der Waals surface area contributed by atoms with Crippen LogP contribution in [-0.4, -0.2) is 50.4 Å². The highest BCUT2D eigenvalue weighted by Crippen LogP contribution is 2.17. The van der Waals surface area contributed by atoms with E-state index in [0.717, 1.165) is 0 Å². The Hall–Kier alpha value is -1.31. The van der Waals surface area contributed by atoms with E-state index in [1.165, 1.54) is 4.31 Å². The summed E-state index contributed by atoms with van der Waals surface area (Å²) in [7, 11) is -3.35. The van der Waals surface area contributed by atoms with Crippen LogP contribution < -0.4 is 10.5 Å². The fourth-order valence-electron chi connectivity index (χ4n) is 2.25. The lowest BCUT2D eigenvalue weighted by Gasteiger charge is -2.35. The molecular formula is C14H22N2O4S. The van der Waals surface area contributed by atoms with Gasteiger partial charge < -0.3 is 15.2 Å². The molecule has 1 fully saturated rings. The molecule has 2 unspecified atom stereocenters. The van der Waals surface area contributed by atoms with Crippen LogP contribution in [0.3, 0.4) is 0 Å². The summed E-state index contributed by atoms with van der Waals surface area (Å²) in [6, 6.07) is 6.80. The summed E-state index contributed by atoms with van der Waals surface area (Å²) >= 11 is 0. The van der Waals surface area contributed by atoms with Crippen molar-refractivity contribution in [2.24, 2.45) is 0 Å². The maximum atomic E-state index is 12.4. The van der Waals surface area contributed by atoms with Gasteiger partial charge >= 0.3 is 0 Å². The fourth-order valence-corrected chi connectivity index (χ4v) is 3.82. The second kappa shape index (κ2) is 6.64. The van der Waals surface area contributed by atoms with Crippen LogP contribution in [-0.2, 0) is 14.8 Å². The topological polar surface area (TPSA) is 81.9 Å². The van der Waals surface area contributed by atoms with Gasteiger partial charge in [-0.1, -0.05) is 6.07 Å². The molecule has 0 bridgehead atoms. The third-order valence-electron chi connectivity index (χ3n) is 3.38. The highest BCUT2D eigenvalue weighted by atomic mass is 32.2. The lowest BCUT2D eigenvalue weighted by molar-refractivity contribution is -0.0171. The zero-order chi connectivity index (χ0) is 15.5. The lowest BCUT2D eigenvalue weighted by Crippen LogP contribution is -2.51. The molecule has 118 valence electrons. The van der Waals surface area contributed by atoms with Crippen LogP contribution in [0.2, 0.25) is 0 Å². The molecule has 7 heteroatoms. The summed E-state index contributed by atoms with van der Waals surface area (Å²) in [4.78, 5) is 0. The Morgan fingerprint density at radius 2 is 2.19 bits per heavy atom. The molecule has 0 aliphatic carbocycles. The van der Waals surface area contributed by atoms with Gasteiger partial charge in [0.15, 0.2) is 0 Å². The Kier molecular flexibility index (Phi) is 5.08. The zero-order valence-corrected chi connectivity index (χ0v) is 13.2. The monoisotopic (exact) mass is 314 g/mol. The first-order valence-electron chi connectivity index (χ1n) is 6.98. The van der Waals surface area contributed by atoms with Crippen molar-refractivity contribution in [3.63, 3.8) is 0 Å². The maximum absolute atomic E-state index is 12.4. The third kappa shape index (κ3) is 4.33. The van der Waals surface area contributed by atoms with Gasteiger partial charge in [-0.15, -0.1) is 0 Å². The molecule has 0 radical (unpaired) electrons. The van der Waals surface area contributed by atoms with Crippen molar-refractivity contribution < 1.29 is 17.9 Å². The minimum Gasteiger partial charge on any atom is -0.492 e. The van der Waals surface area contributed by atoms with E-state index in [1.807, 2.05) is 13.8 Å². The summed E-state index contributed by atoms with van der Waals surface area (Å²) in [6.45, 7) is 4.64. The van der Waals surface area contributed by atoms with Gasteiger partial charge in [0, 0.05) is 24.3 Å². The summed E-state index contributed by atoms with van der Waals surface area (Å²) < 4.78 is 37.1. The Bertz CT molecular complexity index is 576. The first-order valence-corrected chi connectivity index (χ1v) is 8.59. The van der Waals surface area contributed by atoms with Crippen LogP contribution in [0.4, 0.5) is 5.69 Å². The number of morpholine rings is 1. The van der Waals surface area contributed by atoms with E-state index in [0.29, 0.717) is 24.6 Å². The number of anilines is 1. The number of ether oxygens (including phenoxy) is 2. The number of rotatable bonds is 5. The van der Waals surface area contributed by atoms with Crippen molar-refractivity contribution >= 4 is 15.7 Å². The van der Waals surface area contributed by atoms with Crippen molar-refractivity contribution in [2.75, 3.05) is 31.2 Å². The molecule has 2 rings (SSSR count). The quantitative estimate of drug-likeness (QED) is 0.823. The number of nitrogens with zero attached hydrogens (tertiary/aromatic N) is 1. The largest absolute Gasteiger partial charge is 0.492 e. The highest BCUT2D eigenvalue weighted by Gasteiger charge is 2.32. The van der Waals surface area contributed by atoms with Crippen LogP contribution >= 0.6 is 0 Å². The summed E-state index contributed by atoms with van der Waals surface area (Å²) in [6.07, 6.45) is -0.0779. The van der Waals surface area contributed by atoms with Crippen molar-refractivity contribution in [1.82, 2.24) is 4.31 Å². The van der Waals surface area contributed by atoms with Crippen molar-refractivity contribution in [1.29, 1.82) is 0 Å². The molecular weight excluding hydrogens is 292 g/mol. The number of hydrogen-bond acceptors (Lipinski definition) is 5. The molecule has 0 amide bonds. The Morgan fingerprint density at radius 1 is 1.43 bits per heavy atom. The zero-order valence-electron chi connectivity index (χ0n) is 12.4. The Balaban J connectivity index is 1.92. The predicted molar refractivity (Wildman–Crippen MR) is 81.7 cm³/mol. The lowest BCUT2D eigenvalue weighted by atomic mass is 10.2. The standard InChI is InChI=1S/C14H22N2O4S/c1-11-10-20-12(2)9-16(11)21(17,18)7-6-19-14-5-3-4-13(15)8-14/h3-5,8,11-12H,6-7,9-10,15H2,1-2H3. The molecule has 2 atom stereocenters. The van der Waals surface area contributed by atoms with E-state index in [9.17, 15) is 8.42 Å². The molecule has 1 heterocycles. The van der Waals surface area contributed by atoms with Gasteiger partial charge in [-0.3, -0.25) is 0 Å². The Labute approximate surface area is 125 Å². The molecule has 0 aromatic heterocycles. The van der Waals surface area contributed by atoms with Crippen LogP contribution in [0, 0.1) is 0 Å². The summed E-state index contributed by atoms with van der Waals surface area (Å²) in [5.74, 6) is 0.521. The molecule has 6 nitrogen and oxygen atoms in total. The van der Waals surface area contributed by atoms with Gasteiger partial charge in [-0.25, -0.2) is 8.42 Å². The molecule has 1 saturated heterocycles. The highest BCUT2D eigenvalue weighted by molar-refractivity contribution is 7.89. The van der Waals surface area contributed by atoms with Gasteiger partial charge in [0.05, 0.1) is 18.5 Å². The predicted octanol–water partition coefficient (Wildman–Crippen LogP) is 1.09. The van der Waals surface area contributed by atoms with Crippen LogP contribution in [0.5, 0.6) is 5.75 Å². The fraction of sp³-hybridized carbons (Fsp3) is 0.571. The number of benzene rings is 1. The van der Waals surface area contributed by atoms with Gasteiger partial charge in [-0.2, -0.15) is 4.31 Å². The Morgan fingerprint density at radius 3 is 2.90 bits per heavy atom. The van der Waals surface area contributed by atoms with E-state index >= 15 is 0 Å². The molecule has 2 N–H and O–H groups in total.